The van der Waals surface area contributed by atoms with Crippen LogP contribution in [0.3, 0.4) is 0 Å². The fourth-order valence-electron chi connectivity index (χ4n) is 4.49. The number of carbonyl (C=O) groups is 2. The maximum Gasteiger partial charge on any atom is 0.263 e. The third-order valence-electron chi connectivity index (χ3n) is 6.06. The van der Waals surface area contributed by atoms with Crippen molar-refractivity contribution in [3.63, 3.8) is 0 Å². The van der Waals surface area contributed by atoms with E-state index in [1.807, 2.05) is 52.9 Å². The second-order valence-corrected chi connectivity index (χ2v) is 9.35. The number of nitrogens with zero attached hydrogens (tertiary/aromatic N) is 4. The van der Waals surface area contributed by atoms with Crippen LogP contribution < -0.4 is 5.56 Å². The van der Waals surface area contributed by atoms with E-state index in [0.29, 0.717) is 50.9 Å². The van der Waals surface area contributed by atoms with Gasteiger partial charge in [-0.1, -0.05) is 54.2 Å². The van der Waals surface area contributed by atoms with Gasteiger partial charge in [-0.15, -0.1) is 10.2 Å². The van der Waals surface area contributed by atoms with Gasteiger partial charge in [0.1, 0.15) is 0 Å². The molecule has 0 unspecified atom stereocenters. The number of benzene rings is 2. The fraction of sp³-hybridized carbons (Fsp3) is 0.192. The summed E-state index contributed by atoms with van der Waals surface area (Å²) < 4.78 is 3.43. The molecule has 35 heavy (non-hydrogen) atoms. The van der Waals surface area contributed by atoms with Crippen molar-refractivity contribution in [3.8, 4) is 0 Å². The lowest BCUT2D eigenvalue weighted by Crippen LogP contribution is -2.24. The molecule has 0 radical (unpaired) electrons. The van der Waals surface area contributed by atoms with Crippen molar-refractivity contribution >= 4 is 40.0 Å². The standard InChI is InChI=1S/C26H23N5O3S/c1-15-22(17(3)32)16(2)27-23(15)21(33)14-35-26-29-28-25-30(13-18-9-5-4-6-10-18)24(34)19-11-7-8-12-20(19)31(25)26/h4-12,27H,13-14H2,1-3H3. The van der Waals surface area contributed by atoms with Crippen molar-refractivity contribution in [2.75, 3.05) is 5.75 Å². The monoisotopic (exact) mass is 485 g/mol. The first kappa shape index (κ1) is 22.8. The van der Waals surface area contributed by atoms with E-state index in [9.17, 15) is 14.4 Å². The fourth-order valence-corrected chi connectivity index (χ4v) is 5.31. The van der Waals surface area contributed by atoms with Crippen LogP contribution >= 0.6 is 11.8 Å². The Labute approximate surface area is 205 Å². The molecule has 5 aromatic rings. The lowest BCUT2D eigenvalue weighted by Gasteiger charge is -2.11. The Balaban J connectivity index is 1.55. The summed E-state index contributed by atoms with van der Waals surface area (Å²) in [6, 6.07) is 17.0. The number of fused-ring (bicyclic) bond motifs is 3. The lowest BCUT2D eigenvalue weighted by molar-refractivity contribution is 0.101. The molecule has 176 valence electrons. The highest BCUT2D eigenvalue weighted by Crippen LogP contribution is 2.25. The van der Waals surface area contributed by atoms with Gasteiger partial charge in [0.05, 0.1) is 28.9 Å². The number of nitrogens with one attached hydrogen (secondary N) is 1. The minimum absolute atomic E-state index is 0.0748. The van der Waals surface area contributed by atoms with Crippen LogP contribution in [-0.4, -0.2) is 41.5 Å². The molecule has 1 N–H and O–H groups in total. The number of aromatic amines is 1. The van der Waals surface area contributed by atoms with E-state index < -0.39 is 0 Å². The summed E-state index contributed by atoms with van der Waals surface area (Å²) in [7, 11) is 0. The summed E-state index contributed by atoms with van der Waals surface area (Å²) in [5.74, 6) is 0.305. The third-order valence-corrected chi connectivity index (χ3v) is 6.99. The summed E-state index contributed by atoms with van der Waals surface area (Å²) >= 11 is 1.25. The van der Waals surface area contributed by atoms with Crippen molar-refractivity contribution in [2.45, 2.75) is 32.5 Å². The lowest BCUT2D eigenvalue weighted by atomic mass is 10.1. The Bertz CT molecular complexity index is 1660. The number of Topliss-reactive ketones (excluding diaryl/α,β-unsaturated/α-hetero) is 2. The van der Waals surface area contributed by atoms with Crippen LogP contribution in [0.25, 0.3) is 16.7 Å². The molecule has 8 nitrogen and oxygen atoms in total. The van der Waals surface area contributed by atoms with E-state index in [4.69, 9.17) is 0 Å². The number of para-hydroxylation sites is 1. The van der Waals surface area contributed by atoms with Gasteiger partial charge in [-0.05, 0) is 44.0 Å². The smallest absolute Gasteiger partial charge is 0.263 e. The molecule has 0 fully saturated rings. The van der Waals surface area contributed by atoms with Crippen LogP contribution in [0.5, 0.6) is 0 Å². The van der Waals surface area contributed by atoms with E-state index in [1.165, 1.54) is 18.7 Å². The number of aryl methyl sites for hydroxylation is 1. The van der Waals surface area contributed by atoms with Gasteiger partial charge in [0.2, 0.25) is 5.78 Å². The predicted molar refractivity (Wildman–Crippen MR) is 136 cm³/mol. The zero-order valence-electron chi connectivity index (χ0n) is 19.5. The largest absolute Gasteiger partial charge is 0.355 e. The van der Waals surface area contributed by atoms with Crippen molar-refractivity contribution < 1.29 is 9.59 Å². The number of hydrogen-bond donors (Lipinski definition) is 1. The Hall–Kier alpha value is -3.98. The van der Waals surface area contributed by atoms with Crippen molar-refractivity contribution in [2.24, 2.45) is 0 Å². The molecule has 2 aromatic carbocycles. The summed E-state index contributed by atoms with van der Waals surface area (Å²) in [5.41, 5.74) is 3.84. The first-order valence-electron chi connectivity index (χ1n) is 11.1. The molecule has 0 aliphatic heterocycles. The van der Waals surface area contributed by atoms with Gasteiger partial charge in [-0.2, -0.15) is 0 Å². The number of aromatic nitrogens is 5. The quantitative estimate of drug-likeness (QED) is 0.274. The van der Waals surface area contributed by atoms with Crippen LogP contribution in [-0.2, 0) is 6.54 Å². The highest BCUT2D eigenvalue weighted by molar-refractivity contribution is 7.99. The summed E-state index contributed by atoms with van der Waals surface area (Å²) in [4.78, 5) is 41.4. The van der Waals surface area contributed by atoms with Gasteiger partial charge >= 0.3 is 0 Å². The zero-order chi connectivity index (χ0) is 24.7. The molecule has 0 atom stereocenters. The SMILES string of the molecule is CC(=O)c1c(C)[nH]c(C(=O)CSc2nnc3n(Cc4ccccc4)c(=O)c4ccccc4n23)c1C. The number of rotatable bonds is 7. The average molecular weight is 486 g/mol. The number of ketones is 2. The van der Waals surface area contributed by atoms with E-state index in [-0.39, 0.29) is 22.9 Å². The maximum atomic E-state index is 13.3. The Kier molecular flexibility index (Phi) is 5.86. The van der Waals surface area contributed by atoms with Crippen LogP contribution in [0.4, 0.5) is 0 Å². The number of hydrogen-bond acceptors (Lipinski definition) is 6. The zero-order valence-corrected chi connectivity index (χ0v) is 20.3. The summed E-state index contributed by atoms with van der Waals surface area (Å²) in [6.07, 6.45) is 0. The van der Waals surface area contributed by atoms with Crippen LogP contribution in [0.2, 0.25) is 0 Å². The average Bonchev–Trinajstić information content (AvgIpc) is 3.41. The molecule has 0 bridgehead atoms. The van der Waals surface area contributed by atoms with E-state index in [0.717, 1.165) is 5.56 Å². The topological polar surface area (TPSA) is 102 Å². The number of thioether (sulfide) groups is 1. The first-order valence-corrected chi connectivity index (χ1v) is 12.1. The van der Waals surface area contributed by atoms with Crippen molar-refractivity contribution in [3.05, 3.63) is 93.0 Å². The highest BCUT2D eigenvalue weighted by atomic mass is 32.2. The van der Waals surface area contributed by atoms with Crippen molar-refractivity contribution in [1.82, 2.24) is 24.1 Å². The molecule has 0 amide bonds. The minimum atomic E-state index is -0.147. The van der Waals surface area contributed by atoms with Gasteiger partial charge in [0, 0.05) is 11.3 Å². The molecule has 3 heterocycles. The molecule has 0 aliphatic rings. The van der Waals surface area contributed by atoms with Crippen LogP contribution in [0.1, 0.15) is 44.6 Å². The van der Waals surface area contributed by atoms with E-state index in [1.54, 1.807) is 24.5 Å². The maximum absolute atomic E-state index is 13.3. The van der Waals surface area contributed by atoms with Gasteiger partial charge in [-0.3, -0.25) is 23.4 Å². The van der Waals surface area contributed by atoms with Gasteiger partial charge < -0.3 is 4.98 Å². The minimum Gasteiger partial charge on any atom is -0.355 e. The van der Waals surface area contributed by atoms with Gasteiger partial charge in [0.25, 0.3) is 5.56 Å². The molecule has 5 rings (SSSR count). The first-order chi connectivity index (χ1) is 16.9. The molecule has 9 heteroatoms. The van der Waals surface area contributed by atoms with Crippen LogP contribution in [0.15, 0.2) is 64.5 Å². The summed E-state index contributed by atoms with van der Waals surface area (Å²) in [6.45, 7) is 5.41. The Morgan fingerprint density at radius 1 is 1.00 bits per heavy atom. The summed E-state index contributed by atoms with van der Waals surface area (Å²) in [5, 5.41) is 9.71. The third kappa shape index (κ3) is 3.97. The molecular weight excluding hydrogens is 462 g/mol. The van der Waals surface area contributed by atoms with Crippen LogP contribution in [0, 0.1) is 13.8 Å². The molecule has 0 saturated carbocycles. The number of H-pyrrole nitrogens is 1. The van der Waals surface area contributed by atoms with Gasteiger partial charge in [-0.25, -0.2) is 0 Å². The highest BCUT2D eigenvalue weighted by Gasteiger charge is 2.22. The second-order valence-electron chi connectivity index (χ2n) is 8.41. The number of carbonyl (C=O) groups excluding carboxylic acids is 2. The van der Waals surface area contributed by atoms with E-state index in [2.05, 4.69) is 15.2 Å². The van der Waals surface area contributed by atoms with Gasteiger partial charge in [0.15, 0.2) is 16.7 Å². The second kappa shape index (κ2) is 8.99. The Morgan fingerprint density at radius 3 is 2.43 bits per heavy atom. The molecule has 0 aliphatic carbocycles. The molecule has 0 spiro atoms. The predicted octanol–water partition coefficient (Wildman–Crippen LogP) is 4.22. The molecular formula is C26H23N5O3S. The Morgan fingerprint density at radius 2 is 1.71 bits per heavy atom. The van der Waals surface area contributed by atoms with Crippen molar-refractivity contribution in [1.29, 1.82) is 0 Å². The van der Waals surface area contributed by atoms with E-state index >= 15 is 0 Å². The normalized spacial score (nSPS) is 11.4. The molecule has 0 saturated heterocycles. The molecule has 3 aromatic heterocycles.